The first-order valence-corrected chi connectivity index (χ1v) is 11.5. The summed E-state index contributed by atoms with van der Waals surface area (Å²) in [4.78, 5) is 29.2. The maximum atomic E-state index is 12.5. The Morgan fingerprint density at radius 1 is 1.20 bits per heavy atom. The first-order chi connectivity index (χ1) is 14.6. The topological polar surface area (TPSA) is 70.7 Å². The molecule has 2 amide bonds. The first-order valence-electron chi connectivity index (χ1n) is 10.7. The Bertz CT molecular complexity index is 887. The number of fused-ring (bicyclic) bond motifs is 1. The van der Waals surface area contributed by atoms with Crippen LogP contribution >= 0.6 is 11.3 Å². The van der Waals surface area contributed by atoms with E-state index >= 15 is 0 Å². The summed E-state index contributed by atoms with van der Waals surface area (Å²) in [7, 11) is 1.68. The largest absolute Gasteiger partial charge is 0.495 e. The predicted molar refractivity (Wildman–Crippen MR) is 120 cm³/mol. The van der Waals surface area contributed by atoms with Crippen LogP contribution < -0.4 is 20.3 Å². The van der Waals surface area contributed by atoms with Crippen LogP contribution in [0.5, 0.6) is 5.75 Å². The van der Waals surface area contributed by atoms with Crippen LogP contribution in [0.15, 0.2) is 30.3 Å². The molecule has 30 heavy (non-hydrogen) atoms. The van der Waals surface area contributed by atoms with Gasteiger partial charge in [0.05, 0.1) is 24.2 Å². The van der Waals surface area contributed by atoms with Crippen LogP contribution in [0.2, 0.25) is 0 Å². The second-order valence-corrected chi connectivity index (χ2v) is 9.11. The van der Waals surface area contributed by atoms with E-state index in [4.69, 9.17) is 4.74 Å². The normalized spacial score (nSPS) is 18.4. The molecule has 2 aromatic rings. The molecule has 160 valence electrons. The van der Waals surface area contributed by atoms with Gasteiger partial charge in [-0.05, 0) is 62.3 Å². The van der Waals surface area contributed by atoms with Gasteiger partial charge in [0.2, 0.25) is 5.91 Å². The van der Waals surface area contributed by atoms with Crippen LogP contribution in [0.25, 0.3) is 0 Å². The van der Waals surface area contributed by atoms with Crippen molar-refractivity contribution in [2.75, 3.05) is 31.6 Å². The quantitative estimate of drug-likeness (QED) is 0.743. The molecule has 0 spiro atoms. The minimum Gasteiger partial charge on any atom is -0.495 e. The minimum atomic E-state index is -0.149. The van der Waals surface area contributed by atoms with Crippen LogP contribution in [-0.2, 0) is 17.6 Å². The van der Waals surface area contributed by atoms with E-state index in [0.717, 1.165) is 55.1 Å². The number of benzene rings is 1. The molecule has 1 fully saturated rings. The highest BCUT2D eigenvalue weighted by molar-refractivity contribution is 7.14. The summed E-state index contributed by atoms with van der Waals surface area (Å²) < 4.78 is 5.48. The Morgan fingerprint density at radius 2 is 2.03 bits per heavy atom. The first kappa shape index (κ1) is 20.7. The highest BCUT2D eigenvalue weighted by atomic mass is 32.1. The smallest absolute Gasteiger partial charge is 0.261 e. The van der Waals surface area contributed by atoms with Crippen LogP contribution in [0, 0.1) is 0 Å². The fourth-order valence-corrected chi connectivity index (χ4v) is 5.50. The second kappa shape index (κ2) is 9.51. The number of nitrogens with zero attached hydrogens (tertiary/aromatic N) is 1. The summed E-state index contributed by atoms with van der Waals surface area (Å²) >= 11 is 1.57. The van der Waals surface area contributed by atoms with E-state index in [1.807, 2.05) is 30.3 Å². The number of para-hydroxylation sites is 2. The number of hydrogen-bond donors (Lipinski definition) is 2. The van der Waals surface area contributed by atoms with Gasteiger partial charge in [0.15, 0.2) is 0 Å². The maximum Gasteiger partial charge on any atom is 0.261 e. The highest BCUT2D eigenvalue weighted by Gasteiger charge is 2.24. The number of ether oxygens (including phenoxy) is 1. The molecule has 1 saturated heterocycles. The number of rotatable bonds is 6. The van der Waals surface area contributed by atoms with Crippen molar-refractivity contribution in [1.82, 2.24) is 10.6 Å². The van der Waals surface area contributed by atoms with Crippen LogP contribution in [0.1, 0.15) is 45.8 Å². The molecule has 6 nitrogen and oxygen atoms in total. The Hall–Kier alpha value is -2.54. The third-order valence-electron chi connectivity index (χ3n) is 5.84. The van der Waals surface area contributed by atoms with E-state index in [1.165, 1.54) is 23.3 Å². The summed E-state index contributed by atoms with van der Waals surface area (Å²) in [5, 5.41) is 5.86. The average molecular weight is 428 g/mol. The van der Waals surface area contributed by atoms with Crippen LogP contribution in [-0.4, -0.2) is 44.6 Å². The molecule has 2 heterocycles. The van der Waals surface area contributed by atoms with Crippen molar-refractivity contribution in [3.63, 3.8) is 0 Å². The standard InChI is InChI=1S/C23H29N3O3S/c1-29-19-10-4-3-9-18(19)26-12-6-8-17(15-26)25-22(27)14-24-23(28)21-13-16-7-2-5-11-20(16)30-21/h3-4,9-10,13,17H,2,5-8,11-12,14-15H2,1H3,(H,24,28)(H,25,27). The van der Waals surface area contributed by atoms with Crippen LogP contribution in [0.4, 0.5) is 5.69 Å². The minimum absolute atomic E-state index is 0.00651. The number of carbonyl (C=O) groups is 2. The zero-order chi connectivity index (χ0) is 20.9. The molecular weight excluding hydrogens is 398 g/mol. The summed E-state index contributed by atoms with van der Waals surface area (Å²) in [5.74, 6) is 0.552. The zero-order valence-corrected chi connectivity index (χ0v) is 18.2. The Kier molecular flexibility index (Phi) is 6.57. The van der Waals surface area contributed by atoms with E-state index in [0.29, 0.717) is 0 Å². The molecule has 1 aromatic carbocycles. The fourth-order valence-electron chi connectivity index (χ4n) is 4.33. The SMILES string of the molecule is COc1ccccc1N1CCCC(NC(=O)CNC(=O)c2cc3c(s2)CCCC3)C1. The number of aryl methyl sites for hydroxylation is 2. The third kappa shape index (κ3) is 4.78. The maximum absolute atomic E-state index is 12.5. The molecule has 4 rings (SSSR count). The number of thiophene rings is 1. The molecule has 0 bridgehead atoms. The molecule has 1 atom stereocenters. The molecule has 0 saturated carbocycles. The molecule has 1 aliphatic heterocycles. The van der Waals surface area contributed by atoms with Crippen molar-refractivity contribution in [3.05, 3.63) is 45.6 Å². The van der Waals surface area contributed by atoms with Gasteiger partial charge in [-0.1, -0.05) is 12.1 Å². The monoisotopic (exact) mass is 427 g/mol. The Morgan fingerprint density at radius 3 is 2.87 bits per heavy atom. The van der Waals surface area contributed by atoms with Gasteiger partial charge in [-0.3, -0.25) is 9.59 Å². The van der Waals surface area contributed by atoms with Crippen LogP contribution in [0.3, 0.4) is 0 Å². The van der Waals surface area contributed by atoms with E-state index in [-0.39, 0.29) is 24.4 Å². The van der Waals surface area contributed by atoms with Gasteiger partial charge in [-0.2, -0.15) is 0 Å². The van der Waals surface area contributed by atoms with Gasteiger partial charge in [-0.25, -0.2) is 0 Å². The average Bonchev–Trinajstić information content (AvgIpc) is 3.22. The number of carbonyl (C=O) groups excluding carboxylic acids is 2. The number of nitrogens with one attached hydrogen (secondary N) is 2. The van der Waals surface area contributed by atoms with Crippen molar-refractivity contribution in [2.45, 2.75) is 44.6 Å². The number of amides is 2. The van der Waals surface area contributed by atoms with E-state index in [1.54, 1.807) is 18.4 Å². The van der Waals surface area contributed by atoms with Crippen molar-refractivity contribution in [1.29, 1.82) is 0 Å². The molecular formula is C23H29N3O3S. The summed E-state index contributed by atoms with van der Waals surface area (Å²) in [6.07, 6.45) is 6.45. The molecule has 2 aliphatic rings. The van der Waals surface area contributed by atoms with Crippen molar-refractivity contribution in [2.24, 2.45) is 0 Å². The highest BCUT2D eigenvalue weighted by Crippen LogP contribution is 2.30. The van der Waals surface area contributed by atoms with E-state index in [9.17, 15) is 9.59 Å². The fraction of sp³-hybridized carbons (Fsp3) is 0.478. The molecule has 1 aromatic heterocycles. The lowest BCUT2D eigenvalue weighted by Gasteiger charge is -2.35. The van der Waals surface area contributed by atoms with E-state index in [2.05, 4.69) is 15.5 Å². The van der Waals surface area contributed by atoms with Crippen molar-refractivity contribution < 1.29 is 14.3 Å². The Balaban J connectivity index is 1.28. The van der Waals surface area contributed by atoms with Gasteiger partial charge < -0.3 is 20.3 Å². The molecule has 0 radical (unpaired) electrons. The van der Waals surface area contributed by atoms with Crippen molar-refractivity contribution in [3.8, 4) is 5.75 Å². The lowest BCUT2D eigenvalue weighted by molar-refractivity contribution is -0.120. The number of methoxy groups -OCH3 is 1. The lowest BCUT2D eigenvalue weighted by atomic mass is 9.99. The van der Waals surface area contributed by atoms with Gasteiger partial charge in [0.1, 0.15) is 5.75 Å². The number of hydrogen-bond acceptors (Lipinski definition) is 5. The van der Waals surface area contributed by atoms with Gasteiger partial charge in [0.25, 0.3) is 5.91 Å². The summed E-state index contributed by atoms with van der Waals surface area (Å²) in [6, 6.07) is 10.0. The molecule has 7 heteroatoms. The number of piperidine rings is 1. The van der Waals surface area contributed by atoms with Gasteiger partial charge in [0, 0.05) is 24.0 Å². The summed E-state index contributed by atoms with van der Waals surface area (Å²) in [6.45, 7) is 1.68. The molecule has 1 unspecified atom stereocenters. The molecule has 2 N–H and O–H groups in total. The number of anilines is 1. The predicted octanol–water partition coefficient (Wildman–Crippen LogP) is 3.15. The van der Waals surface area contributed by atoms with Gasteiger partial charge >= 0.3 is 0 Å². The lowest BCUT2D eigenvalue weighted by Crippen LogP contribution is -2.50. The molecule has 1 aliphatic carbocycles. The Labute approximate surface area is 181 Å². The van der Waals surface area contributed by atoms with Gasteiger partial charge in [-0.15, -0.1) is 11.3 Å². The van der Waals surface area contributed by atoms with E-state index < -0.39 is 0 Å². The van der Waals surface area contributed by atoms with Crippen molar-refractivity contribution >= 4 is 28.8 Å². The third-order valence-corrected chi connectivity index (χ3v) is 7.08. The summed E-state index contributed by atoms with van der Waals surface area (Å²) in [5.41, 5.74) is 2.36. The second-order valence-electron chi connectivity index (χ2n) is 7.97. The zero-order valence-electron chi connectivity index (χ0n) is 17.4.